The zero-order chi connectivity index (χ0) is 16.8. The first-order chi connectivity index (χ1) is 11.0. The summed E-state index contributed by atoms with van der Waals surface area (Å²) in [5.41, 5.74) is 0. The van der Waals surface area contributed by atoms with Gasteiger partial charge in [0.25, 0.3) is 0 Å². The Hall–Kier alpha value is -2.08. The molecule has 6 nitrogen and oxygen atoms in total. The maximum atomic E-state index is 9.23. The average Bonchev–Trinajstić information content (AvgIpc) is 2.89. The Balaban J connectivity index is 2.19. The Bertz CT molecular complexity index is 625. The maximum Gasteiger partial charge on any atom is 0.168 e. The summed E-state index contributed by atoms with van der Waals surface area (Å²) < 4.78 is 12.9. The summed E-state index contributed by atoms with van der Waals surface area (Å²) in [6, 6.07) is 7.45. The summed E-state index contributed by atoms with van der Waals surface area (Å²) in [5, 5.41) is 13.7. The van der Waals surface area contributed by atoms with Crippen molar-refractivity contribution in [3.8, 4) is 11.5 Å². The fourth-order valence-electron chi connectivity index (χ4n) is 2.35. The van der Waals surface area contributed by atoms with Gasteiger partial charge in [-0.25, -0.2) is 9.67 Å². The molecule has 0 saturated heterocycles. The number of aliphatic hydroxyl groups excluding tert-OH is 1. The van der Waals surface area contributed by atoms with Gasteiger partial charge >= 0.3 is 0 Å². The third-order valence-corrected chi connectivity index (χ3v) is 3.36. The van der Waals surface area contributed by atoms with Crippen molar-refractivity contribution in [1.82, 2.24) is 14.8 Å². The highest BCUT2D eigenvalue weighted by Crippen LogP contribution is 2.24. The van der Waals surface area contributed by atoms with Crippen molar-refractivity contribution in [3.05, 3.63) is 35.9 Å². The molecule has 126 valence electrons. The third kappa shape index (κ3) is 4.69. The minimum atomic E-state index is -0.276. The lowest BCUT2D eigenvalue weighted by Crippen LogP contribution is -2.14. The number of hydrogen-bond donors (Lipinski definition) is 1. The van der Waals surface area contributed by atoms with Gasteiger partial charge in [-0.3, -0.25) is 0 Å². The number of rotatable bonds is 8. The van der Waals surface area contributed by atoms with E-state index >= 15 is 0 Å². The Labute approximate surface area is 137 Å². The molecule has 6 heteroatoms. The van der Waals surface area contributed by atoms with Gasteiger partial charge in [0.2, 0.25) is 0 Å². The molecule has 2 aromatic rings. The van der Waals surface area contributed by atoms with Gasteiger partial charge in [-0.05, 0) is 25.0 Å². The predicted octanol–water partition coefficient (Wildman–Crippen LogP) is 2.62. The van der Waals surface area contributed by atoms with Gasteiger partial charge in [-0.1, -0.05) is 19.9 Å². The van der Waals surface area contributed by atoms with Crippen molar-refractivity contribution < 1.29 is 14.6 Å². The molecule has 2 rings (SSSR count). The number of ether oxygens (including phenoxy) is 2. The second-order valence-corrected chi connectivity index (χ2v) is 5.87. The fourth-order valence-corrected chi connectivity index (χ4v) is 2.35. The standard InChI is InChI=1S/C17H25N3O3/c1-12(2)10-16-18-17(20(19-16)8-9-21)13(3)23-15-7-5-6-14(11-15)22-4/h5-7,11-13,21H,8-10H2,1-4H3. The molecule has 0 radical (unpaired) electrons. The van der Waals surface area contributed by atoms with Crippen LogP contribution in [0.1, 0.15) is 38.5 Å². The minimum Gasteiger partial charge on any atom is -0.497 e. The molecule has 0 aliphatic heterocycles. The third-order valence-electron chi connectivity index (χ3n) is 3.36. The normalized spacial score (nSPS) is 12.4. The lowest BCUT2D eigenvalue weighted by molar-refractivity contribution is 0.200. The summed E-state index contributed by atoms with van der Waals surface area (Å²) in [4.78, 5) is 4.59. The van der Waals surface area contributed by atoms with Gasteiger partial charge in [0.15, 0.2) is 17.8 Å². The van der Waals surface area contributed by atoms with Crippen molar-refractivity contribution in [2.45, 2.75) is 39.8 Å². The number of benzene rings is 1. The van der Waals surface area contributed by atoms with Crippen LogP contribution in [0.3, 0.4) is 0 Å². The molecule has 0 amide bonds. The van der Waals surface area contributed by atoms with Crippen LogP contribution in [0.2, 0.25) is 0 Å². The number of methoxy groups -OCH3 is 1. The van der Waals surface area contributed by atoms with Gasteiger partial charge in [-0.2, -0.15) is 5.10 Å². The first-order valence-electron chi connectivity index (χ1n) is 7.88. The molecule has 0 bridgehead atoms. The van der Waals surface area contributed by atoms with Crippen molar-refractivity contribution in [1.29, 1.82) is 0 Å². The molecule has 1 N–H and O–H groups in total. The number of aliphatic hydroxyl groups is 1. The molecule has 0 fully saturated rings. The molecule has 1 unspecified atom stereocenters. The molecule has 1 aromatic heterocycles. The molecular weight excluding hydrogens is 294 g/mol. The molecule has 0 spiro atoms. The lowest BCUT2D eigenvalue weighted by Gasteiger charge is -2.15. The van der Waals surface area contributed by atoms with E-state index in [9.17, 15) is 5.11 Å². The van der Waals surface area contributed by atoms with Gasteiger partial charge < -0.3 is 14.6 Å². The van der Waals surface area contributed by atoms with E-state index in [1.807, 2.05) is 31.2 Å². The summed E-state index contributed by atoms with van der Waals surface area (Å²) in [6.07, 6.45) is 0.527. The summed E-state index contributed by atoms with van der Waals surface area (Å²) >= 11 is 0. The van der Waals surface area contributed by atoms with Crippen LogP contribution in [0, 0.1) is 5.92 Å². The molecule has 23 heavy (non-hydrogen) atoms. The van der Waals surface area contributed by atoms with Crippen LogP contribution in [0.25, 0.3) is 0 Å². The van der Waals surface area contributed by atoms with Crippen molar-refractivity contribution >= 4 is 0 Å². The Morgan fingerprint density at radius 3 is 2.61 bits per heavy atom. The van der Waals surface area contributed by atoms with E-state index in [0.717, 1.165) is 23.8 Å². The largest absolute Gasteiger partial charge is 0.497 e. The Morgan fingerprint density at radius 1 is 1.22 bits per heavy atom. The van der Waals surface area contributed by atoms with Crippen LogP contribution in [0.5, 0.6) is 11.5 Å². The number of aromatic nitrogens is 3. The fraction of sp³-hybridized carbons (Fsp3) is 0.529. The Morgan fingerprint density at radius 2 is 1.96 bits per heavy atom. The highest BCUT2D eigenvalue weighted by molar-refractivity contribution is 5.33. The van der Waals surface area contributed by atoms with Crippen LogP contribution in [-0.4, -0.2) is 33.6 Å². The quantitative estimate of drug-likeness (QED) is 0.810. The van der Waals surface area contributed by atoms with E-state index in [0.29, 0.717) is 18.2 Å². The van der Waals surface area contributed by atoms with Gasteiger partial charge in [0.1, 0.15) is 11.5 Å². The maximum absolute atomic E-state index is 9.23. The van der Waals surface area contributed by atoms with E-state index in [1.165, 1.54) is 0 Å². The molecule has 0 aliphatic rings. The van der Waals surface area contributed by atoms with Crippen LogP contribution < -0.4 is 9.47 Å². The molecule has 0 aliphatic carbocycles. The topological polar surface area (TPSA) is 69.4 Å². The van der Waals surface area contributed by atoms with Crippen LogP contribution >= 0.6 is 0 Å². The van der Waals surface area contributed by atoms with E-state index in [-0.39, 0.29) is 12.7 Å². The van der Waals surface area contributed by atoms with E-state index in [2.05, 4.69) is 23.9 Å². The van der Waals surface area contributed by atoms with Gasteiger partial charge in [0, 0.05) is 12.5 Å². The van der Waals surface area contributed by atoms with E-state index in [1.54, 1.807) is 11.8 Å². The second kappa shape index (κ2) is 7.97. The van der Waals surface area contributed by atoms with E-state index < -0.39 is 0 Å². The molecule has 1 heterocycles. The second-order valence-electron chi connectivity index (χ2n) is 5.87. The van der Waals surface area contributed by atoms with Crippen molar-refractivity contribution in [2.24, 2.45) is 5.92 Å². The molecule has 1 aromatic carbocycles. The molecule has 0 saturated carbocycles. The van der Waals surface area contributed by atoms with E-state index in [4.69, 9.17) is 9.47 Å². The molecule has 1 atom stereocenters. The average molecular weight is 319 g/mol. The first-order valence-corrected chi connectivity index (χ1v) is 7.88. The SMILES string of the molecule is COc1cccc(OC(C)c2nc(CC(C)C)nn2CCO)c1. The van der Waals surface area contributed by atoms with Gasteiger partial charge in [0.05, 0.1) is 20.3 Å². The number of nitrogens with zero attached hydrogens (tertiary/aromatic N) is 3. The highest BCUT2D eigenvalue weighted by atomic mass is 16.5. The van der Waals surface area contributed by atoms with Crippen LogP contribution in [0.15, 0.2) is 24.3 Å². The Kier molecular flexibility index (Phi) is 5.98. The first kappa shape index (κ1) is 17.3. The van der Waals surface area contributed by atoms with Crippen LogP contribution in [0.4, 0.5) is 0 Å². The number of hydrogen-bond acceptors (Lipinski definition) is 5. The smallest absolute Gasteiger partial charge is 0.168 e. The minimum absolute atomic E-state index is 0.0172. The zero-order valence-electron chi connectivity index (χ0n) is 14.2. The van der Waals surface area contributed by atoms with Crippen molar-refractivity contribution in [3.63, 3.8) is 0 Å². The highest BCUT2D eigenvalue weighted by Gasteiger charge is 2.18. The zero-order valence-corrected chi connectivity index (χ0v) is 14.2. The van der Waals surface area contributed by atoms with Crippen LogP contribution in [-0.2, 0) is 13.0 Å². The predicted molar refractivity (Wildman–Crippen MR) is 87.7 cm³/mol. The lowest BCUT2D eigenvalue weighted by atomic mass is 10.1. The monoisotopic (exact) mass is 319 g/mol. The van der Waals surface area contributed by atoms with Gasteiger partial charge in [-0.15, -0.1) is 0 Å². The summed E-state index contributed by atoms with van der Waals surface area (Å²) in [6.45, 7) is 6.61. The summed E-state index contributed by atoms with van der Waals surface area (Å²) in [7, 11) is 1.62. The molecular formula is C17H25N3O3. The van der Waals surface area contributed by atoms with Crippen molar-refractivity contribution in [2.75, 3.05) is 13.7 Å². The summed E-state index contributed by atoms with van der Waals surface area (Å²) in [5.74, 6) is 3.43.